The largest absolute Gasteiger partial charge is 0.339 e. The van der Waals surface area contributed by atoms with E-state index >= 15 is 0 Å². The van der Waals surface area contributed by atoms with Crippen molar-refractivity contribution in [2.24, 2.45) is 0 Å². The first kappa shape index (κ1) is 14.6. The number of anilines is 1. The fourth-order valence-electron chi connectivity index (χ4n) is 2.54. The quantitative estimate of drug-likeness (QED) is 0.849. The Morgan fingerprint density at radius 3 is 2.70 bits per heavy atom. The summed E-state index contributed by atoms with van der Waals surface area (Å²) in [7, 11) is 1.84. The lowest BCUT2D eigenvalue weighted by Gasteiger charge is -2.24. The smallest absolute Gasteiger partial charge is 0.253 e. The van der Waals surface area contributed by atoms with Crippen molar-refractivity contribution in [3.8, 4) is 0 Å². The van der Waals surface area contributed by atoms with Gasteiger partial charge in [0.2, 0.25) is 5.91 Å². The van der Waals surface area contributed by atoms with Crippen molar-refractivity contribution in [3.63, 3.8) is 0 Å². The average molecular weight is 274 g/mol. The van der Waals surface area contributed by atoms with E-state index in [1.54, 1.807) is 16.7 Å². The summed E-state index contributed by atoms with van der Waals surface area (Å²) < 4.78 is 0. The number of carbonyl (C=O) groups is 2. The Bertz CT molecular complexity index is 539. The minimum absolute atomic E-state index is 0.0448. The zero-order valence-corrected chi connectivity index (χ0v) is 12.6. The minimum Gasteiger partial charge on any atom is -0.339 e. The number of hydrogen-bond donors (Lipinski definition) is 0. The molecule has 0 aliphatic carbocycles. The third kappa shape index (κ3) is 2.55. The Morgan fingerprint density at radius 1 is 1.40 bits per heavy atom. The molecular formula is C16H22N2O2. The number of hydrogen-bond acceptors (Lipinski definition) is 2. The van der Waals surface area contributed by atoms with Crippen molar-refractivity contribution in [1.82, 2.24) is 4.90 Å². The fourth-order valence-corrected chi connectivity index (χ4v) is 2.54. The van der Waals surface area contributed by atoms with Gasteiger partial charge < -0.3 is 9.80 Å². The van der Waals surface area contributed by atoms with Crippen LogP contribution in [-0.4, -0.2) is 36.3 Å². The Morgan fingerprint density at radius 2 is 2.10 bits per heavy atom. The summed E-state index contributed by atoms with van der Waals surface area (Å²) in [5.41, 5.74) is 2.74. The molecule has 2 amide bonds. The van der Waals surface area contributed by atoms with Crippen molar-refractivity contribution in [1.29, 1.82) is 0 Å². The van der Waals surface area contributed by atoms with Gasteiger partial charge in [0, 0.05) is 37.8 Å². The number of nitrogens with zero attached hydrogens (tertiary/aromatic N) is 2. The lowest BCUT2D eigenvalue weighted by atomic mass is 10.1. The van der Waals surface area contributed by atoms with E-state index in [0.717, 1.165) is 24.1 Å². The predicted octanol–water partition coefficient (Wildman–Crippen LogP) is 2.47. The topological polar surface area (TPSA) is 40.6 Å². The molecule has 1 heterocycles. The van der Waals surface area contributed by atoms with Gasteiger partial charge in [0.25, 0.3) is 5.91 Å². The number of amides is 2. The summed E-state index contributed by atoms with van der Waals surface area (Å²) in [6.45, 7) is 6.40. The molecule has 1 aromatic carbocycles. The first-order valence-corrected chi connectivity index (χ1v) is 7.14. The molecule has 1 aliphatic rings. The average Bonchev–Trinajstić information content (AvgIpc) is 2.87. The third-order valence-corrected chi connectivity index (χ3v) is 4.17. The van der Waals surface area contributed by atoms with E-state index in [1.165, 1.54) is 0 Å². The molecule has 4 heteroatoms. The van der Waals surface area contributed by atoms with Crippen molar-refractivity contribution in [3.05, 3.63) is 29.3 Å². The number of fused-ring (bicyclic) bond motifs is 1. The molecule has 20 heavy (non-hydrogen) atoms. The maximum Gasteiger partial charge on any atom is 0.253 e. The highest BCUT2D eigenvalue weighted by molar-refractivity contribution is 5.97. The van der Waals surface area contributed by atoms with Crippen molar-refractivity contribution < 1.29 is 9.59 Å². The van der Waals surface area contributed by atoms with Gasteiger partial charge in [0.05, 0.1) is 0 Å². The molecule has 0 radical (unpaired) electrons. The Labute approximate surface area is 120 Å². The monoisotopic (exact) mass is 274 g/mol. The molecule has 0 saturated heterocycles. The van der Waals surface area contributed by atoms with E-state index in [2.05, 4.69) is 6.92 Å². The molecule has 4 nitrogen and oxygen atoms in total. The molecule has 1 aromatic rings. The van der Waals surface area contributed by atoms with Gasteiger partial charge >= 0.3 is 0 Å². The Hall–Kier alpha value is -1.84. The van der Waals surface area contributed by atoms with Gasteiger partial charge in [-0.15, -0.1) is 0 Å². The second-order valence-corrected chi connectivity index (χ2v) is 5.44. The molecule has 0 bridgehead atoms. The van der Waals surface area contributed by atoms with Crippen LogP contribution in [0.5, 0.6) is 0 Å². The molecule has 0 aromatic heterocycles. The summed E-state index contributed by atoms with van der Waals surface area (Å²) in [4.78, 5) is 27.5. The van der Waals surface area contributed by atoms with Gasteiger partial charge in [0.15, 0.2) is 0 Å². The predicted molar refractivity (Wildman–Crippen MR) is 80.0 cm³/mol. The molecular weight excluding hydrogens is 252 g/mol. The number of carbonyl (C=O) groups excluding carboxylic acids is 2. The highest BCUT2D eigenvalue weighted by Gasteiger charge is 2.24. The van der Waals surface area contributed by atoms with E-state index in [4.69, 9.17) is 0 Å². The van der Waals surface area contributed by atoms with Crippen LogP contribution < -0.4 is 4.90 Å². The van der Waals surface area contributed by atoms with Gasteiger partial charge in [-0.25, -0.2) is 0 Å². The molecule has 1 atom stereocenters. The van der Waals surface area contributed by atoms with Gasteiger partial charge in [-0.05, 0) is 43.5 Å². The van der Waals surface area contributed by atoms with Crippen LogP contribution in [0.15, 0.2) is 18.2 Å². The van der Waals surface area contributed by atoms with Crippen LogP contribution in [0.1, 0.15) is 43.1 Å². The standard InChI is InChI=1S/C16H22N2O2/c1-5-11(2)17(4)16(20)14-6-7-15-13(10-14)8-9-18(15)12(3)19/h6-7,10-11H,5,8-9H2,1-4H3. The Kier molecular flexibility index (Phi) is 4.12. The summed E-state index contributed by atoms with van der Waals surface area (Å²) in [5.74, 6) is 0.1000. The molecule has 0 spiro atoms. The van der Waals surface area contributed by atoms with Gasteiger partial charge in [-0.3, -0.25) is 9.59 Å². The molecule has 0 N–H and O–H groups in total. The van der Waals surface area contributed by atoms with Gasteiger partial charge in [0.1, 0.15) is 0 Å². The lowest BCUT2D eigenvalue weighted by molar-refractivity contribution is -0.116. The summed E-state index contributed by atoms with van der Waals surface area (Å²) >= 11 is 0. The lowest BCUT2D eigenvalue weighted by Crippen LogP contribution is -2.34. The van der Waals surface area contributed by atoms with Crippen LogP contribution in [-0.2, 0) is 11.2 Å². The summed E-state index contributed by atoms with van der Waals surface area (Å²) in [6, 6.07) is 5.87. The molecule has 1 unspecified atom stereocenters. The second kappa shape index (κ2) is 5.65. The number of benzene rings is 1. The normalized spacial score (nSPS) is 14.9. The first-order valence-electron chi connectivity index (χ1n) is 7.14. The summed E-state index contributed by atoms with van der Waals surface area (Å²) in [6.07, 6.45) is 1.76. The zero-order chi connectivity index (χ0) is 14.9. The zero-order valence-electron chi connectivity index (χ0n) is 12.6. The highest BCUT2D eigenvalue weighted by atomic mass is 16.2. The molecule has 0 saturated carbocycles. The Balaban J connectivity index is 2.25. The maximum absolute atomic E-state index is 12.4. The van der Waals surface area contributed by atoms with Crippen molar-refractivity contribution in [2.75, 3.05) is 18.5 Å². The van der Waals surface area contributed by atoms with E-state index in [0.29, 0.717) is 12.1 Å². The molecule has 0 fully saturated rings. The SMILES string of the molecule is CCC(C)N(C)C(=O)c1ccc2c(c1)CCN2C(C)=O. The molecule has 108 valence electrons. The van der Waals surface area contributed by atoms with Crippen LogP contribution in [0, 0.1) is 0 Å². The number of rotatable bonds is 3. The van der Waals surface area contributed by atoms with Crippen LogP contribution in [0.2, 0.25) is 0 Å². The summed E-state index contributed by atoms with van der Waals surface area (Å²) in [5, 5.41) is 0. The van der Waals surface area contributed by atoms with E-state index in [9.17, 15) is 9.59 Å². The van der Waals surface area contributed by atoms with Crippen LogP contribution in [0.3, 0.4) is 0 Å². The third-order valence-electron chi connectivity index (χ3n) is 4.17. The molecule has 2 rings (SSSR count). The maximum atomic E-state index is 12.4. The van der Waals surface area contributed by atoms with Gasteiger partial charge in [-0.1, -0.05) is 6.92 Å². The van der Waals surface area contributed by atoms with E-state index < -0.39 is 0 Å². The van der Waals surface area contributed by atoms with E-state index in [1.807, 2.05) is 32.2 Å². The highest BCUT2D eigenvalue weighted by Crippen LogP contribution is 2.29. The van der Waals surface area contributed by atoms with Crippen LogP contribution >= 0.6 is 0 Å². The minimum atomic E-state index is 0.0448. The molecule has 1 aliphatic heterocycles. The second-order valence-electron chi connectivity index (χ2n) is 5.44. The first-order chi connectivity index (χ1) is 9.45. The van der Waals surface area contributed by atoms with Crippen LogP contribution in [0.4, 0.5) is 5.69 Å². The van der Waals surface area contributed by atoms with Crippen molar-refractivity contribution >= 4 is 17.5 Å². The van der Waals surface area contributed by atoms with Crippen molar-refractivity contribution in [2.45, 2.75) is 39.7 Å². The van der Waals surface area contributed by atoms with Crippen LogP contribution in [0.25, 0.3) is 0 Å². The van der Waals surface area contributed by atoms with Gasteiger partial charge in [-0.2, -0.15) is 0 Å². The van der Waals surface area contributed by atoms with E-state index in [-0.39, 0.29) is 17.9 Å². The fraction of sp³-hybridized carbons (Fsp3) is 0.500.